The van der Waals surface area contributed by atoms with Gasteiger partial charge in [-0.15, -0.1) is 11.3 Å². The van der Waals surface area contributed by atoms with Crippen molar-refractivity contribution in [3.8, 4) is 17.0 Å². The number of hydrogen-bond acceptors (Lipinski definition) is 5. The van der Waals surface area contributed by atoms with Crippen molar-refractivity contribution in [1.82, 2.24) is 10.3 Å². The predicted molar refractivity (Wildman–Crippen MR) is 129 cm³/mol. The van der Waals surface area contributed by atoms with Crippen LogP contribution in [0.2, 0.25) is 0 Å². The largest absolute Gasteiger partial charge is 0.494 e. The van der Waals surface area contributed by atoms with E-state index in [4.69, 9.17) is 4.74 Å². The van der Waals surface area contributed by atoms with Gasteiger partial charge in [0, 0.05) is 30.8 Å². The van der Waals surface area contributed by atoms with Crippen LogP contribution < -0.4 is 15.4 Å². The van der Waals surface area contributed by atoms with E-state index in [0.29, 0.717) is 31.1 Å². The lowest BCUT2D eigenvalue weighted by molar-refractivity contribution is -0.119. The number of benzene rings is 2. The fourth-order valence-corrected chi connectivity index (χ4v) is 4.04. The molecule has 0 aliphatic rings. The standard InChI is InChI=1S/C25H29N3O3S/c1-3-31-23-9-5-4-8-21(23)14-15-24(30)28-25-27-22(17-32-25)20-12-10-19(11-13-20)7-6-16-26-18(2)29/h4-5,8-13,17H,3,6-7,14-16H2,1-2H3,(H,26,29)(H,27,28,30). The highest BCUT2D eigenvalue weighted by Crippen LogP contribution is 2.26. The Morgan fingerprint density at radius 1 is 1.06 bits per heavy atom. The van der Waals surface area contributed by atoms with E-state index in [0.717, 1.165) is 35.4 Å². The molecule has 2 aromatic carbocycles. The van der Waals surface area contributed by atoms with Gasteiger partial charge in [0.05, 0.1) is 12.3 Å². The highest BCUT2D eigenvalue weighted by molar-refractivity contribution is 7.14. The first-order chi connectivity index (χ1) is 15.5. The van der Waals surface area contributed by atoms with Gasteiger partial charge in [0.2, 0.25) is 11.8 Å². The molecular weight excluding hydrogens is 422 g/mol. The Balaban J connectivity index is 1.50. The van der Waals surface area contributed by atoms with Crippen LogP contribution in [-0.2, 0) is 22.4 Å². The van der Waals surface area contributed by atoms with Crippen LogP contribution in [0.15, 0.2) is 53.9 Å². The molecule has 0 aliphatic carbocycles. The number of aryl methyl sites for hydroxylation is 2. The van der Waals surface area contributed by atoms with E-state index in [1.807, 2.05) is 48.7 Å². The first kappa shape index (κ1) is 23.5. The number of nitrogens with one attached hydrogen (secondary N) is 2. The number of aromatic nitrogens is 1. The number of rotatable bonds is 11. The number of ether oxygens (including phenoxy) is 1. The summed E-state index contributed by atoms with van der Waals surface area (Å²) in [6, 6.07) is 16.0. The van der Waals surface area contributed by atoms with Crippen molar-refractivity contribution in [3.63, 3.8) is 0 Å². The van der Waals surface area contributed by atoms with E-state index in [9.17, 15) is 9.59 Å². The zero-order chi connectivity index (χ0) is 22.8. The third kappa shape index (κ3) is 7.20. The van der Waals surface area contributed by atoms with Crippen LogP contribution in [0.1, 0.15) is 37.8 Å². The third-order valence-corrected chi connectivity index (χ3v) is 5.67. The minimum Gasteiger partial charge on any atom is -0.494 e. The molecule has 7 heteroatoms. The maximum absolute atomic E-state index is 12.4. The molecule has 168 valence electrons. The van der Waals surface area contributed by atoms with Crippen LogP contribution in [-0.4, -0.2) is 29.9 Å². The second kappa shape index (κ2) is 12.0. The molecule has 0 fully saturated rings. The minimum absolute atomic E-state index is 0.00195. The maximum atomic E-state index is 12.4. The quantitative estimate of drug-likeness (QED) is 0.409. The molecular formula is C25H29N3O3S. The molecule has 2 amide bonds. The summed E-state index contributed by atoms with van der Waals surface area (Å²) in [6.45, 7) is 4.76. The molecule has 3 aromatic rings. The lowest BCUT2D eigenvalue weighted by Gasteiger charge is -2.09. The van der Waals surface area contributed by atoms with Crippen molar-refractivity contribution >= 4 is 28.3 Å². The topological polar surface area (TPSA) is 80.3 Å². The average molecular weight is 452 g/mol. The van der Waals surface area contributed by atoms with E-state index in [2.05, 4.69) is 27.8 Å². The lowest BCUT2D eigenvalue weighted by atomic mass is 10.1. The molecule has 0 saturated heterocycles. The maximum Gasteiger partial charge on any atom is 0.226 e. The molecule has 0 spiro atoms. The summed E-state index contributed by atoms with van der Waals surface area (Å²) in [5.74, 6) is 0.770. The monoisotopic (exact) mass is 451 g/mol. The Morgan fingerprint density at radius 3 is 2.59 bits per heavy atom. The van der Waals surface area contributed by atoms with E-state index in [1.165, 1.54) is 23.8 Å². The van der Waals surface area contributed by atoms with E-state index in [-0.39, 0.29) is 11.8 Å². The Labute approximate surface area is 193 Å². The van der Waals surface area contributed by atoms with Gasteiger partial charge in [-0.1, -0.05) is 42.5 Å². The van der Waals surface area contributed by atoms with Crippen LogP contribution in [0.25, 0.3) is 11.3 Å². The highest BCUT2D eigenvalue weighted by Gasteiger charge is 2.10. The van der Waals surface area contributed by atoms with Crippen LogP contribution >= 0.6 is 11.3 Å². The molecule has 0 aliphatic heterocycles. The first-order valence-electron chi connectivity index (χ1n) is 10.8. The fourth-order valence-electron chi connectivity index (χ4n) is 3.30. The van der Waals surface area contributed by atoms with Crippen LogP contribution in [0.5, 0.6) is 5.75 Å². The van der Waals surface area contributed by atoms with Gasteiger partial charge in [-0.3, -0.25) is 9.59 Å². The van der Waals surface area contributed by atoms with Gasteiger partial charge >= 0.3 is 0 Å². The molecule has 1 aromatic heterocycles. The molecule has 0 unspecified atom stereocenters. The van der Waals surface area contributed by atoms with Crippen LogP contribution in [0.4, 0.5) is 5.13 Å². The number of amides is 2. The zero-order valence-electron chi connectivity index (χ0n) is 18.5. The summed E-state index contributed by atoms with van der Waals surface area (Å²) in [7, 11) is 0. The van der Waals surface area contributed by atoms with E-state index >= 15 is 0 Å². The molecule has 1 heterocycles. The number of anilines is 1. The Bertz CT molecular complexity index is 1030. The summed E-state index contributed by atoms with van der Waals surface area (Å²) in [4.78, 5) is 27.9. The summed E-state index contributed by atoms with van der Waals surface area (Å²) in [6.07, 6.45) is 2.79. The second-order valence-electron chi connectivity index (χ2n) is 7.41. The van der Waals surface area contributed by atoms with E-state index in [1.54, 1.807) is 0 Å². The Hall–Kier alpha value is -3.19. The Morgan fingerprint density at radius 2 is 1.84 bits per heavy atom. The van der Waals surface area contributed by atoms with E-state index < -0.39 is 0 Å². The molecule has 32 heavy (non-hydrogen) atoms. The normalized spacial score (nSPS) is 10.6. The van der Waals surface area contributed by atoms with Crippen molar-refractivity contribution in [2.75, 3.05) is 18.5 Å². The summed E-state index contributed by atoms with van der Waals surface area (Å²) in [5.41, 5.74) is 4.10. The SMILES string of the molecule is CCOc1ccccc1CCC(=O)Nc1nc(-c2ccc(CCCNC(C)=O)cc2)cs1. The van der Waals surface area contributed by atoms with Gasteiger partial charge in [-0.05, 0) is 43.4 Å². The van der Waals surface area contributed by atoms with Crippen molar-refractivity contribution in [2.24, 2.45) is 0 Å². The number of hydrogen-bond donors (Lipinski definition) is 2. The van der Waals surface area contributed by atoms with Crippen LogP contribution in [0, 0.1) is 0 Å². The molecule has 6 nitrogen and oxygen atoms in total. The van der Waals surface area contributed by atoms with Gasteiger partial charge < -0.3 is 15.4 Å². The van der Waals surface area contributed by atoms with Crippen molar-refractivity contribution in [1.29, 1.82) is 0 Å². The van der Waals surface area contributed by atoms with Gasteiger partial charge in [0.1, 0.15) is 5.75 Å². The number of para-hydroxylation sites is 1. The van der Waals surface area contributed by atoms with Gasteiger partial charge in [0.15, 0.2) is 5.13 Å². The number of thiazole rings is 1. The number of carbonyl (C=O) groups excluding carboxylic acids is 2. The van der Waals surface area contributed by atoms with Crippen molar-refractivity contribution in [2.45, 2.75) is 39.5 Å². The first-order valence-corrected chi connectivity index (χ1v) is 11.7. The summed E-state index contributed by atoms with van der Waals surface area (Å²) < 4.78 is 5.63. The number of carbonyl (C=O) groups is 2. The van der Waals surface area contributed by atoms with Crippen molar-refractivity contribution < 1.29 is 14.3 Å². The zero-order valence-corrected chi connectivity index (χ0v) is 19.3. The number of nitrogens with zero attached hydrogens (tertiary/aromatic N) is 1. The average Bonchev–Trinajstić information content (AvgIpc) is 3.25. The minimum atomic E-state index is -0.0632. The summed E-state index contributed by atoms with van der Waals surface area (Å²) in [5, 5.41) is 8.26. The molecule has 0 bridgehead atoms. The van der Waals surface area contributed by atoms with Crippen LogP contribution in [0.3, 0.4) is 0 Å². The molecule has 0 radical (unpaired) electrons. The summed E-state index contributed by atoms with van der Waals surface area (Å²) >= 11 is 1.42. The fraction of sp³-hybridized carbons (Fsp3) is 0.320. The molecule has 3 rings (SSSR count). The Kier molecular flexibility index (Phi) is 8.80. The third-order valence-electron chi connectivity index (χ3n) is 4.91. The molecule has 2 N–H and O–H groups in total. The van der Waals surface area contributed by atoms with Crippen molar-refractivity contribution in [3.05, 3.63) is 65.0 Å². The van der Waals surface area contributed by atoms with Gasteiger partial charge in [0.25, 0.3) is 0 Å². The predicted octanol–water partition coefficient (Wildman–Crippen LogP) is 4.85. The lowest BCUT2D eigenvalue weighted by Crippen LogP contribution is -2.21. The highest BCUT2D eigenvalue weighted by atomic mass is 32.1. The molecule has 0 atom stereocenters. The molecule has 0 saturated carbocycles. The second-order valence-corrected chi connectivity index (χ2v) is 8.27. The smallest absolute Gasteiger partial charge is 0.226 e. The van der Waals surface area contributed by atoms with Gasteiger partial charge in [-0.25, -0.2) is 4.98 Å². The van der Waals surface area contributed by atoms with Gasteiger partial charge in [-0.2, -0.15) is 0 Å².